The van der Waals surface area contributed by atoms with Crippen LogP contribution in [-0.4, -0.2) is 29.9 Å². The molecule has 132 valence electrons. The highest BCUT2D eigenvalue weighted by molar-refractivity contribution is 6.30. The Morgan fingerprint density at radius 1 is 1.20 bits per heavy atom. The zero-order valence-electron chi connectivity index (χ0n) is 14.5. The quantitative estimate of drug-likeness (QED) is 0.821. The van der Waals surface area contributed by atoms with Crippen molar-refractivity contribution in [3.05, 3.63) is 64.2 Å². The van der Waals surface area contributed by atoms with E-state index >= 15 is 0 Å². The predicted octanol–water partition coefficient (Wildman–Crippen LogP) is 3.63. The number of carbonyl (C=O) groups is 1. The molecule has 1 heterocycles. The fourth-order valence-electron chi connectivity index (χ4n) is 3.23. The van der Waals surface area contributed by atoms with Crippen molar-refractivity contribution in [1.29, 1.82) is 0 Å². The number of nitrogens with one attached hydrogen (secondary N) is 1. The Morgan fingerprint density at radius 2 is 1.88 bits per heavy atom. The summed E-state index contributed by atoms with van der Waals surface area (Å²) in [6, 6.07) is 13.7. The number of nitrogens with two attached hydrogens (primary N) is 1. The monoisotopic (exact) mass is 357 g/mol. The second-order valence-corrected chi connectivity index (χ2v) is 7.16. The van der Waals surface area contributed by atoms with E-state index in [0.717, 1.165) is 43.1 Å². The van der Waals surface area contributed by atoms with Crippen molar-refractivity contribution in [3.63, 3.8) is 0 Å². The van der Waals surface area contributed by atoms with Crippen molar-refractivity contribution in [3.8, 4) is 0 Å². The molecule has 1 saturated heterocycles. The maximum absolute atomic E-state index is 12.5. The van der Waals surface area contributed by atoms with Gasteiger partial charge in [0.05, 0.1) is 0 Å². The van der Waals surface area contributed by atoms with Crippen LogP contribution >= 0.6 is 11.6 Å². The zero-order valence-corrected chi connectivity index (χ0v) is 15.2. The molecule has 25 heavy (non-hydrogen) atoms. The molecular formula is C20H24ClN3O. The number of anilines is 1. The van der Waals surface area contributed by atoms with E-state index in [1.54, 1.807) is 6.07 Å². The molecule has 1 amide bonds. The highest BCUT2D eigenvalue weighted by Gasteiger charge is 2.21. The summed E-state index contributed by atoms with van der Waals surface area (Å²) in [6.07, 6.45) is 1.92. The van der Waals surface area contributed by atoms with Gasteiger partial charge < -0.3 is 11.1 Å². The molecule has 3 rings (SSSR count). The Balaban J connectivity index is 1.51. The molecule has 0 radical (unpaired) electrons. The van der Waals surface area contributed by atoms with Gasteiger partial charge in [-0.25, -0.2) is 0 Å². The highest BCUT2D eigenvalue weighted by atomic mass is 35.5. The summed E-state index contributed by atoms with van der Waals surface area (Å²) < 4.78 is 0. The van der Waals surface area contributed by atoms with E-state index in [0.29, 0.717) is 11.3 Å². The van der Waals surface area contributed by atoms with Crippen LogP contribution in [0.4, 0.5) is 5.69 Å². The maximum Gasteiger partial charge on any atom is 0.251 e. The molecule has 5 heteroatoms. The minimum atomic E-state index is -0.0269. The Labute approximate surface area is 154 Å². The molecule has 0 unspecified atom stereocenters. The molecule has 0 atom stereocenters. The summed E-state index contributed by atoms with van der Waals surface area (Å²) in [6.45, 7) is 4.81. The van der Waals surface area contributed by atoms with Crippen LogP contribution in [0.15, 0.2) is 42.5 Å². The van der Waals surface area contributed by atoms with E-state index in [1.807, 2.05) is 31.2 Å². The first-order chi connectivity index (χ1) is 12.0. The summed E-state index contributed by atoms with van der Waals surface area (Å²) in [5.41, 5.74) is 9.31. The average molecular weight is 358 g/mol. The number of aryl methyl sites for hydroxylation is 1. The third kappa shape index (κ3) is 4.74. The standard InChI is InChI=1S/C20H24ClN3O/c1-14-2-7-17(22)12-19(14)20(25)23-18-8-10-24(11-9-18)13-15-3-5-16(21)6-4-15/h2-7,12,18H,8-11,13,22H2,1H3,(H,23,25). The van der Waals surface area contributed by atoms with Crippen molar-refractivity contribution < 1.29 is 4.79 Å². The second kappa shape index (κ2) is 7.89. The van der Waals surface area contributed by atoms with Crippen LogP contribution in [0.3, 0.4) is 0 Å². The second-order valence-electron chi connectivity index (χ2n) is 6.72. The van der Waals surface area contributed by atoms with Crippen molar-refractivity contribution >= 4 is 23.2 Å². The maximum atomic E-state index is 12.5. The van der Waals surface area contributed by atoms with Crippen LogP contribution in [0, 0.1) is 6.92 Å². The molecular weight excluding hydrogens is 334 g/mol. The summed E-state index contributed by atoms with van der Waals surface area (Å²) >= 11 is 5.93. The molecule has 2 aromatic carbocycles. The van der Waals surface area contributed by atoms with Crippen LogP contribution in [0.1, 0.15) is 34.3 Å². The third-order valence-electron chi connectivity index (χ3n) is 4.75. The largest absolute Gasteiger partial charge is 0.399 e. The number of halogens is 1. The summed E-state index contributed by atoms with van der Waals surface area (Å²) in [4.78, 5) is 14.9. The summed E-state index contributed by atoms with van der Waals surface area (Å²) in [5.74, 6) is -0.0269. The fraction of sp³-hybridized carbons (Fsp3) is 0.350. The molecule has 1 aliphatic rings. The first-order valence-electron chi connectivity index (χ1n) is 8.65. The van der Waals surface area contributed by atoms with Gasteiger partial charge in [0.1, 0.15) is 0 Å². The van der Waals surface area contributed by atoms with Crippen LogP contribution in [-0.2, 0) is 6.54 Å². The van der Waals surface area contributed by atoms with E-state index in [1.165, 1.54) is 5.56 Å². The zero-order chi connectivity index (χ0) is 17.8. The molecule has 0 bridgehead atoms. The lowest BCUT2D eigenvalue weighted by atomic mass is 10.0. The molecule has 2 aromatic rings. The number of nitrogen functional groups attached to an aromatic ring is 1. The highest BCUT2D eigenvalue weighted by Crippen LogP contribution is 2.17. The van der Waals surface area contributed by atoms with Gasteiger partial charge in [-0.1, -0.05) is 29.8 Å². The van der Waals surface area contributed by atoms with Gasteiger partial charge in [-0.15, -0.1) is 0 Å². The molecule has 0 saturated carbocycles. The summed E-state index contributed by atoms with van der Waals surface area (Å²) in [7, 11) is 0. The van der Waals surface area contributed by atoms with Crippen LogP contribution in [0.2, 0.25) is 5.02 Å². The van der Waals surface area contributed by atoms with Gasteiger partial charge in [-0.3, -0.25) is 9.69 Å². The van der Waals surface area contributed by atoms with Gasteiger partial charge in [0.15, 0.2) is 0 Å². The van der Waals surface area contributed by atoms with E-state index in [-0.39, 0.29) is 11.9 Å². The predicted molar refractivity (Wildman–Crippen MR) is 103 cm³/mol. The van der Waals surface area contributed by atoms with E-state index in [9.17, 15) is 4.79 Å². The number of rotatable bonds is 4. The lowest BCUT2D eigenvalue weighted by Crippen LogP contribution is -2.44. The van der Waals surface area contributed by atoms with Crippen molar-refractivity contribution in [2.75, 3.05) is 18.8 Å². The Morgan fingerprint density at radius 3 is 2.56 bits per heavy atom. The van der Waals surface area contributed by atoms with Crippen LogP contribution in [0.5, 0.6) is 0 Å². The molecule has 1 aliphatic heterocycles. The Bertz CT molecular complexity index is 737. The number of nitrogens with zero attached hydrogens (tertiary/aromatic N) is 1. The first kappa shape index (κ1) is 17.8. The van der Waals surface area contributed by atoms with Gasteiger partial charge in [-0.2, -0.15) is 0 Å². The number of hydrogen-bond donors (Lipinski definition) is 2. The van der Waals surface area contributed by atoms with Crippen molar-refractivity contribution in [2.24, 2.45) is 0 Å². The Hall–Kier alpha value is -2.04. The molecule has 3 N–H and O–H groups in total. The SMILES string of the molecule is Cc1ccc(N)cc1C(=O)NC1CCN(Cc2ccc(Cl)cc2)CC1. The van der Waals surface area contributed by atoms with Gasteiger partial charge in [0.25, 0.3) is 5.91 Å². The number of carbonyl (C=O) groups excluding carboxylic acids is 1. The lowest BCUT2D eigenvalue weighted by molar-refractivity contribution is 0.0908. The molecule has 1 fully saturated rings. The minimum absolute atomic E-state index is 0.0269. The Kier molecular flexibility index (Phi) is 5.61. The van der Waals surface area contributed by atoms with Gasteiger partial charge in [-0.05, 0) is 55.2 Å². The van der Waals surface area contributed by atoms with Gasteiger partial charge in [0.2, 0.25) is 0 Å². The smallest absolute Gasteiger partial charge is 0.251 e. The normalized spacial score (nSPS) is 15.9. The van der Waals surface area contributed by atoms with E-state index in [4.69, 9.17) is 17.3 Å². The van der Waals surface area contributed by atoms with E-state index in [2.05, 4.69) is 22.3 Å². The molecule has 0 spiro atoms. The van der Waals surface area contributed by atoms with Crippen molar-refractivity contribution in [2.45, 2.75) is 32.4 Å². The van der Waals surface area contributed by atoms with Crippen LogP contribution < -0.4 is 11.1 Å². The number of hydrogen-bond acceptors (Lipinski definition) is 3. The van der Waals surface area contributed by atoms with Crippen LogP contribution in [0.25, 0.3) is 0 Å². The minimum Gasteiger partial charge on any atom is -0.399 e. The van der Waals surface area contributed by atoms with Gasteiger partial charge in [0, 0.05) is 41.9 Å². The topological polar surface area (TPSA) is 58.4 Å². The fourth-order valence-corrected chi connectivity index (χ4v) is 3.36. The summed E-state index contributed by atoms with van der Waals surface area (Å²) in [5, 5.41) is 3.92. The van der Waals surface area contributed by atoms with E-state index < -0.39 is 0 Å². The average Bonchev–Trinajstić information content (AvgIpc) is 2.60. The number of benzene rings is 2. The number of piperidine rings is 1. The van der Waals surface area contributed by atoms with Crippen molar-refractivity contribution in [1.82, 2.24) is 10.2 Å². The molecule has 4 nitrogen and oxygen atoms in total. The van der Waals surface area contributed by atoms with Gasteiger partial charge >= 0.3 is 0 Å². The molecule has 0 aliphatic carbocycles. The number of likely N-dealkylation sites (tertiary alicyclic amines) is 1. The number of amides is 1. The lowest BCUT2D eigenvalue weighted by Gasteiger charge is -2.32. The third-order valence-corrected chi connectivity index (χ3v) is 5.00. The first-order valence-corrected chi connectivity index (χ1v) is 9.03. The molecule has 0 aromatic heterocycles.